The Balaban J connectivity index is 1.69. The smallest absolute Gasteiger partial charge is 0.274 e. The number of carbonyl (C=O) groups is 1. The van der Waals surface area contributed by atoms with Crippen molar-refractivity contribution in [3.63, 3.8) is 0 Å². The van der Waals surface area contributed by atoms with Crippen LogP contribution in [0.4, 0.5) is 17.1 Å². The highest BCUT2D eigenvalue weighted by Gasteiger charge is 2.08. The van der Waals surface area contributed by atoms with E-state index in [2.05, 4.69) is 15.6 Å². The molecule has 0 spiro atoms. The minimum atomic E-state index is -0.294. The van der Waals surface area contributed by atoms with Gasteiger partial charge < -0.3 is 15.4 Å². The molecule has 2 aromatic carbocycles. The number of aromatic nitrogens is 1. The number of rotatable bonds is 5. The van der Waals surface area contributed by atoms with Crippen LogP contribution in [0.3, 0.4) is 0 Å². The number of hydrogen-bond acceptors (Lipinski definition) is 4. The summed E-state index contributed by atoms with van der Waals surface area (Å²) >= 11 is 6.11. The van der Waals surface area contributed by atoms with E-state index in [0.717, 1.165) is 11.4 Å². The second kappa shape index (κ2) is 7.68. The third-order valence-electron chi connectivity index (χ3n) is 3.48. The molecule has 0 saturated carbocycles. The lowest BCUT2D eigenvalue weighted by atomic mass is 10.2. The van der Waals surface area contributed by atoms with Crippen LogP contribution in [0.25, 0.3) is 0 Å². The molecule has 126 valence electrons. The average molecular weight is 354 g/mol. The van der Waals surface area contributed by atoms with Crippen LogP contribution in [0.1, 0.15) is 10.5 Å². The standard InChI is InChI=1S/C19H16ClN3O2/c1-25-15-6-4-5-13(11-15)23-19(24)18-10-9-14(12-21-18)22-17-8-3-2-7-16(17)20/h2-12,22H,1H3,(H,23,24). The minimum Gasteiger partial charge on any atom is -0.497 e. The van der Waals surface area contributed by atoms with Crippen LogP contribution in [-0.4, -0.2) is 18.0 Å². The van der Waals surface area contributed by atoms with Crippen molar-refractivity contribution < 1.29 is 9.53 Å². The van der Waals surface area contributed by atoms with Crippen molar-refractivity contribution in [2.24, 2.45) is 0 Å². The Hall–Kier alpha value is -3.05. The van der Waals surface area contributed by atoms with Gasteiger partial charge in [0.25, 0.3) is 5.91 Å². The van der Waals surface area contributed by atoms with Gasteiger partial charge in [0.2, 0.25) is 0 Å². The minimum absolute atomic E-state index is 0.294. The van der Waals surface area contributed by atoms with Gasteiger partial charge in [-0.2, -0.15) is 0 Å². The second-order valence-electron chi connectivity index (χ2n) is 5.22. The van der Waals surface area contributed by atoms with E-state index in [1.165, 1.54) is 0 Å². The fraction of sp³-hybridized carbons (Fsp3) is 0.0526. The largest absolute Gasteiger partial charge is 0.497 e. The zero-order chi connectivity index (χ0) is 17.6. The fourth-order valence-corrected chi connectivity index (χ4v) is 2.40. The molecule has 25 heavy (non-hydrogen) atoms. The maximum absolute atomic E-state index is 12.3. The number of carbonyl (C=O) groups excluding carboxylic acids is 1. The first-order valence-corrected chi connectivity index (χ1v) is 7.96. The summed E-state index contributed by atoms with van der Waals surface area (Å²) in [6.07, 6.45) is 1.59. The van der Waals surface area contributed by atoms with Crippen LogP contribution in [0.5, 0.6) is 5.75 Å². The molecule has 5 nitrogen and oxygen atoms in total. The molecule has 0 aliphatic rings. The van der Waals surface area contributed by atoms with Crippen molar-refractivity contribution in [2.75, 3.05) is 17.7 Å². The molecule has 0 aliphatic carbocycles. The third-order valence-corrected chi connectivity index (χ3v) is 3.81. The summed E-state index contributed by atoms with van der Waals surface area (Å²) in [5.74, 6) is 0.377. The maximum atomic E-state index is 12.3. The van der Waals surface area contributed by atoms with Crippen LogP contribution in [0, 0.1) is 0 Å². The van der Waals surface area contributed by atoms with E-state index < -0.39 is 0 Å². The molecule has 6 heteroatoms. The van der Waals surface area contributed by atoms with Gasteiger partial charge in [-0.15, -0.1) is 0 Å². The number of benzene rings is 2. The molecule has 0 fully saturated rings. The molecule has 0 radical (unpaired) electrons. The number of anilines is 3. The molecule has 0 bridgehead atoms. The Kier molecular flexibility index (Phi) is 5.16. The first-order chi connectivity index (χ1) is 12.2. The molecule has 0 saturated heterocycles. The fourth-order valence-electron chi connectivity index (χ4n) is 2.22. The van der Waals surface area contributed by atoms with E-state index in [0.29, 0.717) is 22.2 Å². The van der Waals surface area contributed by atoms with Crippen molar-refractivity contribution in [1.29, 1.82) is 0 Å². The van der Waals surface area contributed by atoms with Crippen molar-refractivity contribution in [3.8, 4) is 5.75 Å². The zero-order valence-electron chi connectivity index (χ0n) is 13.5. The molecular formula is C19H16ClN3O2. The number of amides is 1. The summed E-state index contributed by atoms with van der Waals surface area (Å²) in [6, 6.07) is 18.0. The number of nitrogens with one attached hydrogen (secondary N) is 2. The highest BCUT2D eigenvalue weighted by atomic mass is 35.5. The molecule has 3 aromatic rings. The van der Waals surface area contributed by atoms with E-state index in [-0.39, 0.29) is 5.91 Å². The van der Waals surface area contributed by atoms with Gasteiger partial charge in [-0.05, 0) is 36.4 Å². The van der Waals surface area contributed by atoms with Crippen molar-refractivity contribution in [1.82, 2.24) is 4.98 Å². The van der Waals surface area contributed by atoms with Gasteiger partial charge in [-0.25, -0.2) is 4.98 Å². The van der Waals surface area contributed by atoms with Crippen molar-refractivity contribution in [3.05, 3.63) is 77.6 Å². The number of halogens is 1. The molecule has 2 N–H and O–H groups in total. The predicted octanol–water partition coefficient (Wildman–Crippen LogP) is 4.74. The van der Waals surface area contributed by atoms with Crippen LogP contribution in [0.15, 0.2) is 66.9 Å². The Morgan fingerprint density at radius 1 is 1.04 bits per heavy atom. The van der Waals surface area contributed by atoms with Crippen LogP contribution in [0.2, 0.25) is 5.02 Å². The Morgan fingerprint density at radius 3 is 2.60 bits per heavy atom. The first kappa shape index (κ1) is 16.8. The van der Waals surface area contributed by atoms with Gasteiger partial charge in [-0.1, -0.05) is 29.8 Å². The molecule has 1 amide bonds. The van der Waals surface area contributed by atoms with E-state index in [1.54, 1.807) is 49.7 Å². The Bertz CT molecular complexity index is 882. The topological polar surface area (TPSA) is 63.2 Å². The highest BCUT2D eigenvalue weighted by molar-refractivity contribution is 6.33. The molecule has 0 unspecified atom stereocenters. The maximum Gasteiger partial charge on any atom is 0.274 e. The van der Waals surface area contributed by atoms with Crippen LogP contribution >= 0.6 is 11.6 Å². The number of nitrogens with zero attached hydrogens (tertiary/aromatic N) is 1. The second-order valence-corrected chi connectivity index (χ2v) is 5.63. The van der Waals surface area contributed by atoms with E-state index in [4.69, 9.17) is 16.3 Å². The summed E-state index contributed by atoms with van der Waals surface area (Å²) in [4.78, 5) is 16.5. The Labute approximate surface area is 150 Å². The van der Waals surface area contributed by atoms with Crippen molar-refractivity contribution in [2.45, 2.75) is 0 Å². The van der Waals surface area contributed by atoms with Gasteiger partial charge in [0.05, 0.1) is 29.7 Å². The van der Waals surface area contributed by atoms with Gasteiger partial charge in [0.15, 0.2) is 0 Å². The highest BCUT2D eigenvalue weighted by Crippen LogP contribution is 2.24. The molecule has 1 heterocycles. The number of methoxy groups -OCH3 is 1. The number of para-hydroxylation sites is 1. The SMILES string of the molecule is COc1cccc(NC(=O)c2ccc(Nc3ccccc3Cl)cn2)c1. The normalized spacial score (nSPS) is 10.2. The van der Waals surface area contributed by atoms with Gasteiger partial charge in [0, 0.05) is 11.8 Å². The van der Waals surface area contributed by atoms with E-state index in [1.807, 2.05) is 24.3 Å². The molecule has 0 atom stereocenters. The zero-order valence-corrected chi connectivity index (χ0v) is 14.2. The van der Waals surface area contributed by atoms with Crippen LogP contribution < -0.4 is 15.4 Å². The lowest BCUT2D eigenvalue weighted by Crippen LogP contribution is -2.13. The molecule has 1 aromatic heterocycles. The summed E-state index contributed by atoms with van der Waals surface area (Å²) < 4.78 is 5.14. The first-order valence-electron chi connectivity index (χ1n) is 7.59. The van der Waals surface area contributed by atoms with Gasteiger partial charge in [0.1, 0.15) is 11.4 Å². The van der Waals surface area contributed by atoms with Crippen LogP contribution in [-0.2, 0) is 0 Å². The number of pyridine rings is 1. The monoisotopic (exact) mass is 353 g/mol. The molecule has 0 aliphatic heterocycles. The van der Waals surface area contributed by atoms with Gasteiger partial charge >= 0.3 is 0 Å². The summed E-state index contributed by atoms with van der Waals surface area (Å²) in [7, 11) is 1.58. The molecular weight excluding hydrogens is 338 g/mol. The summed E-state index contributed by atoms with van der Waals surface area (Å²) in [5.41, 5.74) is 2.47. The Morgan fingerprint density at radius 2 is 1.88 bits per heavy atom. The third kappa shape index (κ3) is 4.28. The predicted molar refractivity (Wildman–Crippen MR) is 99.9 cm³/mol. The van der Waals surface area contributed by atoms with Gasteiger partial charge in [-0.3, -0.25) is 4.79 Å². The number of hydrogen-bond donors (Lipinski definition) is 2. The summed E-state index contributed by atoms with van der Waals surface area (Å²) in [5, 5.41) is 6.56. The van der Waals surface area contributed by atoms with E-state index in [9.17, 15) is 4.79 Å². The quantitative estimate of drug-likeness (QED) is 0.695. The lowest BCUT2D eigenvalue weighted by molar-refractivity contribution is 0.102. The molecule has 3 rings (SSSR count). The number of ether oxygens (including phenoxy) is 1. The lowest BCUT2D eigenvalue weighted by Gasteiger charge is -2.09. The summed E-state index contributed by atoms with van der Waals surface area (Å²) in [6.45, 7) is 0. The van der Waals surface area contributed by atoms with E-state index >= 15 is 0 Å². The van der Waals surface area contributed by atoms with Crippen molar-refractivity contribution >= 4 is 34.6 Å². The average Bonchev–Trinajstić information content (AvgIpc) is 2.64.